The number of carbonyl (C=O) groups excluding carboxylic acids is 2. The number of nitrogens with zero attached hydrogens (tertiary/aromatic N) is 6. The number of aliphatic hydroxyl groups excluding tert-OH is 2. The predicted octanol–water partition coefficient (Wildman–Crippen LogP) is 2.53. The van der Waals surface area contributed by atoms with Crippen molar-refractivity contribution < 1.29 is 29.3 Å². The minimum absolute atomic E-state index is 0.0587. The Morgan fingerprint density at radius 3 is 1.48 bits per heavy atom. The molecule has 4 aromatic rings. The lowest BCUT2D eigenvalue weighted by Crippen LogP contribution is -2.46. The smallest absolute Gasteiger partial charge is 0.258 e. The Kier molecular flexibility index (Phi) is 15.1. The quantitative estimate of drug-likeness (QED) is 0.121. The highest BCUT2D eigenvalue weighted by atomic mass is 32.1. The molecular formula is C44H56N8O8S2. The highest BCUT2D eigenvalue weighted by Crippen LogP contribution is 2.50. The molecule has 4 aliphatic heterocycles. The zero-order valence-electron chi connectivity index (χ0n) is 35.5. The van der Waals surface area contributed by atoms with Crippen LogP contribution in [0.3, 0.4) is 0 Å². The van der Waals surface area contributed by atoms with Crippen molar-refractivity contribution in [3.05, 3.63) is 113 Å². The van der Waals surface area contributed by atoms with Gasteiger partial charge in [0.15, 0.2) is 0 Å². The van der Waals surface area contributed by atoms with Crippen molar-refractivity contribution in [1.82, 2.24) is 39.5 Å². The van der Waals surface area contributed by atoms with Crippen LogP contribution in [0.1, 0.15) is 58.5 Å². The Hall–Kier alpha value is -4.66. The van der Waals surface area contributed by atoms with E-state index < -0.39 is 11.8 Å². The first kappa shape index (κ1) is 45.4. The van der Waals surface area contributed by atoms with Gasteiger partial charge in [-0.2, -0.15) is 0 Å². The van der Waals surface area contributed by atoms with Crippen molar-refractivity contribution in [1.29, 1.82) is 0 Å². The molecule has 0 radical (unpaired) electrons. The summed E-state index contributed by atoms with van der Waals surface area (Å²) >= 11 is 3.13. The number of thiazole rings is 2. The summed E-state index contributed by atoms with van der Waals surface area (Å²) in [6.45, 7) is 7.20. The Bertz CT molecular complexity index is 2170. The highest BCUT2D eigenvalue weighted by Gasteiger charge is 2.57. The first-order valence-electron chi connectivity index (χ1n) is 21.0. The first-order valence-corrected chi connectivity index (χ1v) is 22.7. The molecule has 0 spiro atoms. The fourth-order valence-corrected chi connectivity index (χ4v) is 11.1. The van der Waals surface area contributed by atoms with E-state index in [1.807, 2.05) is 61.0 Å². The number of ether oxygens (including phenoxy) is 2. The molecule has 4 aliphatic rings. The van der Waals surface area contributed by atoms with E-state index in [1.165, 1.54) is 0 Å². The lowest BCUT2D eigenvalue weighted by atomic mass is 9.86. The van der Waals surface area contributed by atoms with E-state index in [9.17, 15) is 29.4 Å². The van der Waals surface area contributed by atoms with E-state index in [2.05, 4.69) is 30.4 Å². The second-order valence-electron chi connectivity index (χ2n) is 15.8. The maximum absolute atomic E-state index is 13.2. The van der Waals surface area contributed by atoms with Gasteiger partial charge in [-0.3, -0.25) is 29.0 Å². The van der Waals surface area contributed by atoms with Crippen LogP contribution in [0.4, 0.5) is 0 Å². The molecule has 62 heavy (non-hydrogen) atoms. The van der Waals surface area contributed by atoms with Crippen molar-refractivity contribution in [3.63, 3.8) is 0 Å². The van der Waals surface area contributed by atoms with E-state index in [-0.39, 0.29) is 72.1 Å². The average Bonchev–Trinajstić information content (AvgIpc) is 4.06. The molecule has 332 valence electrons. The number of allylic oxidation sites excluding steroid dienone is 2. The largest absolute Gasteiger partial charge is 0.396 e. The molecule has 0 aromatic carbocycles. The molecule has 4 aromatic heterocycles. The lowest BCUT2D eigenvalue weighted by molar-refractivity contribution is -0.128. The van der Waals surface area contributed by atoms with Crippen LogP contribution < -0.4 is 21.8 Å². The van der Waals surface area contributed by atoms with Gasteiger partial charge in [-0.1, -0.05) is 24.3 Å². The van der Waals surface area contributed by atoms with Crippen LogP contribution in [0.15, 0.2) is 69.2 Å². The zero-order chi connectivity index (χ0) is 43.9. The Morgan fingerprint density at radius 2 is 1.15 bits per heavy atom. The number of aromatic nitrogens is 4. The number of nitrogens with one attached hydrogen (secondary N) is 2. The van der Waals surface area contributed by atoms with Gasteiger partial charge in [-0.05, 0) is 38.1 Å². The minimum atomic E-state index is -0.465. The van der Waals surface area contributed by atoms with Gasteiger partial charge in [0.1, 0.15) is 10.0 Å². The first-order chi connectivity index (χ1) is 30.2. The number of pyridine rings is 2. The second kappa shape index (κ2) is 20.7. The molecule has 0 unspecified atom stereocenters. The number of hydrogen-bond acceptors (Lipinski definition) is 14. The molecule has 8 rings (SSSR count). The third-order valence-electron chi connectivity index (χ3n) is 12.5. The molecule has 0 aliphatic carbocycles. The van der Waals surface area contributed by atoms with E-state index in [1.54, 1.807) is 70.6 Å². The summed E-state index contributed by atoms with van der Waals surface area (Å²) in [6, 6.07) is 6.64. The summed E-state index contributed by atoms with van der Waals surface area (Å²) < 4.78 is 13.7. The van der Waals surface area contributed by atoms with E-state index >= 15 is 0 Å². The monoisotopic (exact) mass is 888 g/mol. The summed E-state index contributed by atoms with van der Waals surface area (Å²) in [7, 11) is 3.18. The molecule has 4 N–H and O–H groups in total. The van der Waals surface area contributed by atoms with Gasteiger partial charge in [-0.25, -0.2) is 9.97 Å². The number of methoxy groups -OCH3 is 2. The van der Waals surface area contributed by atoms with Gasteiger partial charge in [0.05, 0.1) is 50.2 Å². The van der Waals surface area contributed by atoms with Crippen LogP contribution in [0.2, 0.25) is 0 Å². The van der Waals surface area contributed by atoms with Gasteiger partial charge in [-0.15, -0.1) is 22.7 Å². The van der Waals surface area contributed by atoms with Crippen LogP contribution in [-0.2, 0) is 45.2 Å². The molecular weight excluding hydrogens is 833 g/mol. The summed E-state index contributed by atoms with van der Waals surface area (Å²) in [4.78, 5) is 66.0. The number of fused-ring (bicyclic) bond motifs is 8. The maximum Gasteiger partial charge on any atom is 0.258 e. The van der Waals surface area contributed by atoms with Crippen LogP contribution in [0.5, 0.6) is 0 Å². The molecule has 2 amide bonds. The van der Waals surface area contributed by atoms with E-state index in [0.717, 1.165) is 21.4 Å². The summed E-state index contributed by atoms with van der Waals surface area (Å²) in [5.41, 5.74) is 2.76. The van der Waals surface area contributed by atoms with E-state index in [4.69, 9.17) is 9.47 Å². The second-order valence-corrected chi connectivity index (χ2v) is 17.7. The van der Waals surface area contributed by atoms with Crippen LogP contribution >= 0.6 is 22.7 Å². The SMILES string of the molecule is C/C=C/c1ccc2n(c1=O)C[C@H]1[C@H](CO)[C@@H](C(=O)NCCOC)[C@@H]2N1Cc1nccs1.C/C=C\c1ccc2n(c1=O)C[C@H]1[C@H](CO)[C@@H](C(=O)NCCOC)[C@@H]2N1Cc1nccs1. The molecule has 16 nitrogen and oxygen atoms in total. The van der Waals surface area contributed by atoms with Crippen LogP contribution in [0, 0.1) is 23.7 Å². The fraction of sp³-hybridized carbons (Fsp3) is 0.500. The Balaban J connectivity index is 0.000000186. The van der Waals surface area contributed by atoms with Gasteiger partial charge in [0.2, 0.25) is 11.8 Å². The van der Waals surface area contributed by atoms with Gasteiger partial charge >= 0.3 is 0 Å². The summed E-state index contributed by atoms with van der Waals surface area (Å²) in [6.07, 6.45) is 10.8. The number of rotatable bonds is 16. The van der Waals surface area contributed by atoms with E-state index in [0.29, 0.717) is 63.6 Å². The van der Waals surface area contributed by atoms with Gasteiger partial charge in [0.25, 0.3) is 11.1 Å². The van der Waals surface area contributed by atoms with Crippen molar-refractivity contribution >= 4 is 46.6 Å². The van der Waals surface area contributed by atoms with Crippen molar-refractivity contribution in [3.8, 4) is 0 Å². The fourth-order valence-electron chi connectivity index (χ4n) is 9.89. The standard InChI is InChI=1S/2C22H28N4O4S/c2*1-3-4-14-5-6-16-20-19(21(28)24-7-9-30-2)15(13-27)17(11-26(16)22(14)29)25(20)12-18-23-8-10-31-18/h2*3-6,8,10,15,17,19-20,27H,7,9,11-13H2,1-2H3,(H,24,28)/b4-3+;4-3-/t2*15-,17-,19+,20+/m00/s1. The third kappa shape index (κ3) is 8.92. The molecule has 4 bridgehead atoms. The molecule has 8 atom stereocenters. The van der Waals surface area contributed by atoms with Crippen molar-refractivity contribution in [2.24, 2.45) is 23.7 Å². The lowest BCUT2D eigenvalue weighted by Gasteiger charge is -2.37. The van der Waals surface area contributed by atoms with Crippen LogP contribution in [0.25, 0.3) is 12.2 Å². The number of amides is 2. The van der Waals surface area contributed by atoms with Gasteiger partial charge < -0.3 is 39.5 Å². The minimum Gasteiger partial charge on any atom is -0.396 e. The summed E-state index contributed by atoms with van der Waals surface area (Å²) in [5.74, 6) is -1.73. The molecule has 2 fully saturated rings. The third-order valence-corrected chi connectivity index (χ3v) is 14.0. The Labute approximate surface area is 368 Å². The predicted molar refractivity (Wildman–Crippen MR) is 237 cm³/mol. The van der Waals surface area contributed by atoms with Crippen LogP contribution in [-0.4, -0.2) is 117 Å². The van der Waals surface area contributed by atoms with Crippen molar-refractivity contribution in [2.45, 2.75) is 64.2 Å². The Morgan fingerprint density at radius 1 is 0.726 bits per heavy atom. The molecule has 18 heteroatoms. The topological polar surface area (TPSA) is 193 Å². The number of carbonyl (C=O) groups is 2. The van der Waals surface area contributed by atoms with Gasteiger partial charge in [0, 0.05) is 123 Å². The molecule has 8 heterocycles. The number of aliphatic hydroxyl groups is 2. The maximum atomic E-state index is 13.2. The normalized spacial score (nSPS) is 25.1. The molecule has 2 saturated heterocycles. The molecule has 0 saturated carbocycles. The number of hydrogen-bond donors (Lipinski definition) is 4. The average molecular weight is 889 g/mol. The van der Waals surface area contributed by atoms with Crippen molar-refractivity contribution in [2.75, 3.05) is 53.7 Å². The highest BCUT2D eigenvalue weighted by molar-refractivity contribution is 7.09. The summed E-state index contributed by atoms with van der Waals surface area (Å²) in [5, 5.41) is 32.2. The zero-order valence-corrected chi connectivity index (χ0v) is 37.1.